The van der Waals surface area contributed by atoms with E-state index >= 15 is 0 Å². The van der Waals surface area contributed by atoms with Crippen LogP contribution in [0.2, 0.25) is 0 Å². The van der Waals surface area contributed by atoms with Gasteiger partial charge in [-0.3, -0.25) is 4.90 Å². The molecule has 0 amide bonds. The van der Waals surface area contributed by atoms with Crippen molar-refractivity contribution < 1.29 is 14.6 Å². The molecule has 0 radical (unpaired) electrons. The molecule has 152 valence electrons. The van der Waals surface area contributed by atoms with Crippen LogP contribution in [-0.4, -0.2) is 79.0 Å². The summed E-state index contributed by atoms with van der Waals surface area (Å²) in [5, 5.41) is 10.4. The SMILES string of the molecule is COc1ccc(CN(C)C2CCSCC2)c(OC[C@H](O)CN2CCCC2)c1. The molecule has 0 unspecified atom stereocenters. The molecule has 6 heteroatoms. The van der Waals surface area contributed by atoms with Crippen LogP contribution in [0.25, 0.3) is 0 Å². The van der Waals surface area contributed by atoms with Gasteiger partial charge >= 0.3 is 0 Å². The maximum Gasteiger partial charge on any atom is 0.127 e. The van der Waals surface area contributed by atoms with Crippen molar-refractivity contribution in [1.82, 2.24) is 9.80 Å². The molecule has 0 bridgehead atoms. The van der Waals surface area contributed by atoms with Crippen molar-refractivity contribution in [2.75, 3.05) is 51.9 Å². The third-order valence-corrected chi connectivity index (χ3v) is 6.66. The fraction of sp³-hybridized carbons (Fsp3) is 0.714. The van der Waals surface area contributed by atoms with E-state index in [1.165, 1.54) is 37.2 Å². The van der Waals surface area contributed by atoms with Crippen LogP contribution in [0.15, 0.2) is 18.2 Å². The Morgan fingerprint density at radius 3 is 2.70 bits per heavy atom. The molecule has 0 aromatic heterocycles. The molecule has 1 aromatic rings. The number of hydrogen-bond acceptors (Lipinski definition) is 6. The van der Waals surface area contributed by atoms with Crippen molar-refractivity contribution in [3.63, 3.8) is 0 Å². The third-order valence-electron chi connectivity index (χ3n) is 5.61. The van der Waals surface area contributed by atoms with Gasteiger partial charge in [-0.2, -0.15) is 11.8 Å². The van der Waals surface area contributed by atoms with E-state index in [-0.39, 0.29) is 0 Å². The highest BCUT2D eigenvalue weighted by molar-refractivity contribution is 7.99. The summed E-state index contributed by atoms with van der Waals surface area (Å²) < 4.78 is 11.4. The van der Waals surface area contributed by atoms with Crippen LogP contribution < -0.4 is 9.47 Å². The molecule has 2 fully saturated rings. The lowest BCUT2D eigenvalue weighted by molar-refractivity contribution is 0.0748. The zero-order chi connectivity index (χ0) is 19.1. The van der Waals surface area contributed by atoms with E-state index < -0.39 is 6.10 Å². The maximum atomic E-state index is 10.4. The first kappa shape index (κ1) is 20.8. The van der Waals surface area contributed by atoms with Gasteiger partial charge in [0.15, 0.2) is 0 Å². The van der Waals surface area contributed by atoms with Crippen LogP contribution in [0.3, 0.4) is 0 Å². The number of benzene rings is 1. The molecule has 27 heavy (non-hydrogen) atoms. The molecule has 3 rings (SSSR count). The van der Waals surface area contributed by atoms with Gasteiger partial charge in [-0.15, -0.1) is 0 Å². The summed E-state index contributed by atoms with van der Waals surface area (Å²) in [7, 11) is 3.88. The van der Waals surface area contributed by atoms with Gasteiger partial charge in [0.25, 0.3) is 0 Å². The number of aliphatic hydroxyl groups excluding tert-OH is 1. The summed E-state index contributed by atoms with van der Waals surface area (Å²) in [6.07, 6.45) is 4.51. The van der Waals surface area contributed by atoms with Crippen LogP contribution in [0.1, 0.15) is 31.2 Å². The largest absolute Gasteiger partial charge is 0.497 e. The Hall–Kier alpha value is -0.950. The minimum atomic E-state index is -0.463. The number of likely N-dealkylation sites (tertiary alicyclic amines) is 1. The van der Waals surface area contributed by atoms with Crippen LogP contribution >= 0.6 is 11.8 Å². The van der Waals surface area contributed by atoms with Crippen molar-refractivity contribution in [2.24, 2.45) is 0 Å². The second kappa shape index (κ2) is 10.6. The Morgan fingerprint density at radius 1 is 1.26 bits per heavy atom. The molecule has 1 atom stereocenters. The fourth-order valence-electron chi connectivity index (χ4n) is 3.95. The summed E-state index contributed by atoms with van der Waals surface area (Å²) in [5.41, 5.74) is 1.16. The lowest BCUT2D eigenvalue weighted by Crippen LogP contribution is -2.35. The van der Waals surface area contributed by atoms with Gasteiger partial charge in [-0.25, -0.2) is 0 Å². The minimum Gasteiger partial charge on any atom is -0.497 e. The highest BCUT2D eigenvalue weighted by atomic mass is 32.2. The fourth-order valence-corrected chi connectivity index (χ4v) is 5.03. The van der Waals surface area contributed by atoms with Crippen molar-refractivity contribution in [3.8, 4) is 11.5 Å². The second-order valence-corrected chi connectivity index (χ2v) is 8.93. The number of rotatable bonds is 9. The van der Waals surface area contributed by atoms with E-state index in [9.17, 15) is 5.11 Å². The van der Waals surface area contributed by atoms with Gasteiger partial charge in [-0.05, 0) is 63.4 Å². The molecule has 2 aliphatic heterocycles. The molecule has 0 saturated carbocycles. The lowest BCUT2D eigenvalue weighted by Gasteiger charge is -2.31. The van der Waals surface area contributed by atoms with E-state index in [0.717, 1.165) is 36.7 Å². The van der Waals surface area contributed by atoms with Gasteiger partial charge in [-0.1, -0.05) is 6.07 Å². The van der Waals surface area contributed by atoms with Gasteiger partial charge in [0.2, 0.25) is 0 Å². The van der Waals surface area contributed by atoms with E-state index in [4.69, 9.17) is 9.47 Å². The molecule has 0 spiro atoms. The zero-order valence-corrected chi connectivity index (χ0v) is 17.5. The highest BCUT2D eigenvalue weighted by Crippen LogP contribution is 2.28. The van der Waals surface area contributed by atoms with Gasteiger partial charge in [0.05, 0.1) is 7.11 Å². The molecule has 1 N–H and O–H groups in total. The summed E-state index contributed by atoms with van der Waals surface area (Å²) in [6.45, 7) is 4.05. The predicted molar refractivity (Wildman–Crippen MR) is 112 cm³/mol. The third kappa shape index (κ3) is 6.28. The van der Waals surface area contributed by atoms with Crippen LogP contribution in [0.4, 0.5) is 0 Å². The summed E-state index contributed by atoms with van der Waals surface area (Å²) >= 11 is 2.05. The predicted octanol–water partition coefficient (Wildman–Crippen LogP) is 2.86. The quantitative estimate of drug-likeness (QED) is 0.695. The molecule has 2 heterocycles. The Bertz CT molecular complexity index is 575. The standard InChI is InChI=1S/C21H34N2O3S/c1-22(18-7-11-27-12-8-18)14-17-5-6-20(25-2)13-21(17)26-16-19(24)15-23-9-3-4-10-23/h5-6,13,18-19,24H,3-4,7-12,14-16H2,1-2H3/t19-/m1/s1. The first-order chi connectivity index (χ1) is 13.2. The Morgan fingerprint density at radius 2 is 2.00 bits per heavy atom. The van der Waals surface area contributed by atoms with E-state index in [1.54, 1.807) is 7.11 Å². The Labute approximate surface area is 168 Å². The molecule has 1 aromatic carbocycles. The van der Waals surface area contributed by atoms with Crippen LogP contribution in [0.5, 0.6) is 11.5 Å². The molecule has 0 aliphatic carbocycles. The molecule has 5 nitrogen and oxygen atoms in total. The summed E-state index contributed by atoms with van der Waals surface area (Å²) in [6, 6.07) is 6.67. The average Bonchev–Trinajstić information content (AvgIpc) is 3.20. The number of aliphatic hydroxyl groups is 1. The monoisotopic (exact) mass is 394 g/mol. The Kier molecular flexibility index (Phi) is 8.12. The van der Waals surface area contributed by atoms with Gasteiger partial charge in [0, 0.05) is 30.8 Å². The number of hydrogen-bond donors (Lipinski definition) is 1. The van der Waals surface area contributed by atoms with Crippen molar-refractivity contribution in [3.05, 3.63) is 23.8 Å². The van der Waals surface area contributed by atoms with Crippen molar-refractivity contribution in [1.29, 1.82) is 0 Å². The van der Waals surface area contributed by atoms with Crippen LogP contribution in [-0.2, 0) is 6.54 Å². The molecule has 2 aliphatic rings. The average molecular weight is 395 g/mol. The maximum absolute atomic E-state index is 10.4. The van der Waals surface area contributed by atoms with Crippen LogP contribution in [0, 0.1) is 0 Å². The number of ether oxygens (including phenoxy) is 2. The number of thioether (sulfide) groups is 1. The van der Waals surface area contributed by atoms with E-state index in [0.29, 0.717) is 19.2 Å². The van der Waals surface area contributed by atoms with Gasteiger partial charge in [0.1, 0.15) is 24.2 Å². The van der Waals surface area contributed by atoms with Crippen molar-refractivity contribution >= 4 is 11.8 Å². The van der Waals surface area contributed by atoms with E-state index in [2.05, 4.69) is 34.7 Å². The number of nitrogens with zero attached hydrogens (tertiary/aromatic N) is 2. The molecule has 2 saturated heterocycles. The Balaban J connectivity index is 1.59. The first-order valence-electron chi connectivity index (χ1n) is 10.1. The topological polar surface area (TPSA) is 45.2 Å². The summed E-state index contributed by atoms with van der Waals surface area (Å²) in [5.74, 6) is 4.12. The smallest absolute Gasteiger partial charge is 0.127 e. The molecular formula is C21H34N2O3S. The zero-order valence-electron chi connectivity index (χ0n) is 16.7. The normalized spacial score (nSPS) is 20.1. The second-order valence-electron chi connectivity index (χ2n) is 7.70. The van der Waals surface area contributed by atoms with E-state index in [1.807, 2.05) is 12.1 Å². The lowest BCUT2D eigenvalue weighted by atomic mass is 10.1. The van der Waals surface area contributed by atoms with Crippen molar-refractivity contribution in [2.45, 2.75) is 44.4 Å². The summed E-state index contributed by atoms with van der Waals surface area (Å²) in [4.78, 5) is 4.75. The first-order valence-corrected chi connectivity index (χ1v) is 11.3. The molecular weight excluding hydrogens is 360 g/mol. The number of methoxy groups -OCH3 is 1. The number of β-amino-alcohol motifs (C(OH)–C–C–N with tert-alkyl or cyclic N) is 1. The minimum absolute atomic E-state index is 0.320. The van der Waals surface area contributed by atoms with Gasteiger partial charge < -0.3 is 19.5 Å². The highest BCUT2D eigenvalue weighted by Gasteiger charge is 2.21.